The van der Waals surface area contributed by atoms with Crippen LogP contribution in [0.2, 0.25) is 0 Å². The van der Waals surface area contributed by atoms with Crippen LogP contribution in [-0.2, 0) is 4.74 Å². The molecule has 1 fully saturated rings. The molecule has 1 aliphatic rings. The Bertz CT molecular complexity index is 339. The number of rotatable bonds is 2. The normalized spacial score (nSPS) is 21.3. The van der Waals surface area contributed by atoms with Gasteiger partial charge in [0.05, 0.1) is 6.61 Å². The van der Waals surface area contributed by atoms with Crippen molar-refractivity contribution in [1.29, 1.82) is 0 Å². The molecule has 15 heavy (non-hydrogen) atoms. The summed E-state index contributed by atoms with van der Waals surface area (Å²) in [5.41, 5.74) is 0.786. The highest BCUT2D eigenvalue weighted by atomic mass is 79.9. The van der Waals surface area contributed by atoms with Crippen LogP contribution >= 0.6 is 15.9 Å². The van der Waals surface area contributed by atoms with Crippen molar-refractivity contribution in [2.75, 3.05) is 13.2 Å². The molecule has 0 bridgehead atoms. The summed E-state index contributed by atoms with van der Waals surface area (Å²) in [6.07, 6.45) is 1.95. The molecule has 1 heterocycles. The summed E-state index contributed by atoms with van der Waals surface area (Å²) < 4.78 is 6.32. The Morgan fingerprint density at radius 3 is 2.67 bits per heavy atom. The van der Waals surface area contributed by atoms with Crippen LogP contribution in [0.1, 0.15) is 23.2 Å². The molecule has 0 amide bonds. The minimum absolute atomic E-state index is 0.0555. The van der Waals surface area contributed by atoms with Crippen LogP contribution in [0.5, 0.6) is 0 Å². The van der Waals surface area contributed by atoms with E-state index in [2.05, 4.69) is 15.9 Å². The van der Waals surface area contributed by atoms with E-state index in [1.54, 1.807) is 0 Å². The second kappa shape index (κ2) is 4.90. The first-order valence-corrected chi connectivity index (χ1v) is 5.94. The lowest BCUT2D eigenvalue weighted by molar-refractivity contribution is 0.0461. The molecule has 0 radical (unpaired) electrons. The monoisotopic (exact) mass is 268 g/mol. The third kappa shape index (κ3) is 2.67. The maximum atomic E-state index is 12.0. The second-order valence-corrected chi connectivity index (χ2v) is 4.70. The molecule has 1 aliphatic heterocycles. The molecule has 0 saturated carbocycles. The van der Waals surface area contributed by atoms with Gasteiger partial charge in [0.2, 0.25) is 0 Å². The van der Waals surface area contributed by atoms with E-state index in [1.807, 2.05) is 24.3 Å². The number of hydrogen-bond donors (Lipinski definition) is 0. The smallest absolute Gasteiger partial charge is 0.168 e. The van der Waals surface area contributed by atoms with E-state index < -0.39 is 0 Å². The number of carbonyl (C=O) groups excluding carboxylic acids is 1. The minimum Gasteiger partial charge on any atom is -0.381 e. The average Bonchev–Trinajstić information content (AvgIpc) is 2.30. The van der Waals surface area contributed by atoms with Gasteiger partial charge in [-0.2, -0.15) is 0 Å². The van der Waals surface area contributed by atoms with Gasteiger partial charge in [-0.25, -0.2) is 0 Å². The molecular formula is C12H13BrO2. The van der Waals surface area contributed by atoms with Crippen molar-refractivity contribution in [3.8, 4) is 0 Å². The Labute approximate surface area is 97.8 Å². The molecule has 0 N–H and O–H groups in total. The molecule has 1 unspecified atom stereocenters. The molecule has 0 aromatic heterocycles. The summed E-state index contributed by atoms with van der Waals surface area (Å²) in [5, 5.41) is 0. The summed E-state index contributed by atoms with van der Waals surface area (Å²) in [5.74, 6) is 0.266. The zero-order valence-electron chi connectivity index (χ0n) is 8.41. The number of ether oxygens (including phenoxy) is 1. The molecule has 1 aromatic carbocycles. The van der Waals surface area contributed by atoms with Crippen LogP contribution in [0.15, 0.2) is 28.7 Å². The van der Waals surface area contributed by atoms with Gasteiger partial charge < -0.3 is 4.74 Å². The van der Waals surface area contributed by atoms with Crippen LogP contribution in [0.4, 0.5) is 0 Å². The van der Waals surface area contributed by atoms with Crippen LogP contribution < -0.4 is 0 Å². The molecule has 0 aliphatic carbocycles. The van der Waals surface area contributed by atoms with Gasteiger partial charge in [-0.3, -0.25) is 4.79 Å². The molecule has 80 valence electrons. The Morgan fingerprint density at radius 2 is 2.07 bits per heavy atom. The van der Waals surface area contributed by atoms with Crippen molar-refractivity contribution < 1.29 is 9.53 Å². The summed E-state index contributed by atoms with van der Waals surface area (Å²) in [6, 6.07) is 7.52. The Hall–Kier alpha value is -0.670. The van der Waals surface area contributed by atoms with Crippen molar-refractivity contribution in [2.24, 2.45) is 5.92 Å². The van der Waals surface area contributed by atoms with Crippen molar-refractivity contribution in [3.63, 3.8) is 0 Å². The molecular weight excluding hydrogens is 256 g/mol. The average molecular weight is 269 g/mol. The SMILES string of the molecule is O=C(c1ccc(Br)cc1)C1CCCOC1. The zero-order valence-corrected chi connectivity index (χ0v) is 10.00. The number of benzene rings is 1. The largest absolute Gasteiger partial charge is 0.381 e. The molecule has 1 aromatic rings. The van der Waals surface area contributed by atoms with Crippen LogP contribution in [0.3, 0.4) is 0 Å². The first kappa shape index (κ1) is 10.8. The van der Waals surface area contributed by atoms with E-state index in [9.17, 15) is 4.79 Å². The Morgan fingerprint density at radius 1 is 1.33 bits per heavy atom. The van der Waals surface area contributed by atoms with E-state index in [-0.39, 0.29) is 11.7 Å². The highest BCUT2D eigenvalue weighted by molar-refractivity contribution is 9.10. The lowest BCUT2D eigenvalue weighted by Gasteiger charge is -2.20. The van der Waals surface area contributed by atoms with Crippen LogP contribution in [0, 0.1) is 5.92 Å². The number of halogens is 1. The van der Waals surface area contributed by atoms with Gasteiger partial charge in [0.1, 0.15) is 0 Å². The van der Waals surface area contributed by atoms with Crippen molar-refractivity contribution in [3.05, 3.63) is 34.3 Å². The molecule has 0 spiro atoms. The fraction of sp³-hybridized carbons (Fsp3) is 0.417. The topological polar surface area (TPSA) is 26.3 Å². The molecule has 2 rings (SSSR count). The fourth-order valence-electron chi connectivity index (χ4n) is 1.80. The first-order chi connectivity index (χ1) is 7.27. The zero-order chi connectivity index (χ0) is 10.7. The van der Waals surface area contributed by atoms with Crippen LogP contribution in [-0.4, -0.2) is 19.0 Å². The molecule has 1 atom stereocenters. The standard InChI is InChI=1S/C12H13BrO2/c13-11-5-3-9(4-6-11)12(14)10-2-1-7-15-8-10/h3-6,10H,1-2,7-8H2. The maximum Gasteiger partial charge on any atom is 0.168 e. The molecule has 3 heteroatoms. The maximum absolute atomic E-state index is 12.0. The molecule has 2 nitrogen and oxygen atoms in total. The Balaban J connectivity index is 2.09. The quantitative estimate of drug-likeness (QED) is 0.771. The summed E-state index contributed by atoms with van der Waals surface area (Å²) >= 11 is 3.35. The Kier molecular flexibility index (Phi) is 3.54. The predicted molar refractivity (Wildman–Crippen MR) is 62.0 cm³/mol. The second-order valence-electron chi connectivity index (χ2n) is 3.79. The number of Topliss-reactive ketones (excluding diaryl/α,β-unsaturated/α-hetero) is 1. The van der Waals surface area contributed by atoms with Crippen molar-refractivity contribution in [2.45, 2.75) is 12.8 Å². The first-order valence-electron chi connectivity index (χ1n) is 5.15. The van der Waals surface area contributed by atoms with Gasteiger partial charge in [0, 0.05) is 22.6 Å². The minimum atomic E-state index is 0.0555. The van der Waals surface area contributed by atoms with Gasteiger partial charge in [0.15, 0.2) is 5.78 Å². The third-order valence-corrected chi connectivity index (χ3v) is 3.19. The summed E-state index contributed by atoms with van der Waals surface area (Å²) in [7, 11) is 0. The van der Waals surface area contributed by atoms with E-state index in [0.29, 0.717) is 6.61 Å². The summed E-state index contributed by atoms with van der Waals surface area (Å²) in [4.78, 5) is 12.0. The van der Waals surface area contributed by atoms with E-state index >= 15 is 0 Å². The van der Waals surface area contributed by atoms with Gasteiger partial charge in [-0.15, -0.1) is 0 Å². The van der Waals surface area contributed by atoms with Crippen molar-refractivity contribution in [1.82, 2.24) is 0 Å². The molecule has 1 saturated heterocycles. The van der Waals surface area contributed by atoms with E-state index in [0.717, 1.165) is 29.5 Å². The highest BCUT2D eigenvalue weighted by Crippen LogP contribution is 2.20. The van der Waals surface area contributed by atoms with Gasteiger partial charge in [-0.05, 0) is 25.0 Å². The number of hydrogen-bond acceptors (Lipinski definition) is 2. The van der Waals surface area contributed by atoms with Crippen molar-refractivity contribution >= 4 is 21.7 Å². The van der Waals surface area contributed by atoms with E-state index in [1.165, 1.54) is 0 Å². The van der Waals surface area contributed by atoms with Gasteiger partial charge in [-0.1, -0.05) is 28.1 Å². The fourth-order valence-corrected chi connectivity index (χ4v) is 2.06. The summed E-state index contributed by atoms with van der Waals surface area (Å²) in [6.45, 7) is 1.37. The van der Waals surface area contributed by atoms with E-state index in [4.69, 9.17) is 4.74 Å². The number of ketones is 1. The number of carbonyl (C=O) groups is 1. The highest BCUT2D eigenvalue weighted by Gasteiger charge is 2.22. The van der Waals surface area contributed by atoms with Gasteiger partial charge >= 0.3 is 0 Å². The lowest BCUT2D eigenvalue weighted by atomic mass is 9.93. The lowest BCUT2D eigenvalue weighted by Crippen LogP contribution is -2.25. The van der Waals surface area contributed by atoms with Gasteiger partial charge in [0.25, 0.3) is 0 Å². The third-order valence-electron chi connectivity index (χ3n) is 2.66. The van der Waals surface area contributed by atoms with Crippen LogP contribution in [0.25, 0.3) is 0 Å². The predicted octanol–water partition coefficient (Wildman–Crippen LogP) is 3.06.